The van der Waals surface area contributed by atoms with E-state index in [0.717, 1.165) is 13.0 Å². The zero-order chi connectivity index (χ0) is 14.0. The van der Waals surface area contributed by atoms with Crippen LogP contribution in [-0.2, 0) is 29.3 Å². The summed E-state index contributed by atoms with van der Waals surface area (Å²) in [6, 6.07) is 2.26. The van der Waals surface area contributed by atoms with E-state index in [1.165, 1.54) is 27.8 Å². The molecule has 1 amide bonds. The van der Waals surface area contributed by atoms with Crippen LogP contribution >= 0.6 is 0 Å². The summed E-state index contributed by atoms with van der Waals surface area (Å²) in [6.45, 7) is 10.9. The lowest BCUT2D eigenvalue weighted by Crippen LogP contribution is -2.16. The van der Waals surface area contributed by atoms with E-state index in [4.69, 9.17) is 4.74 Å². The Morgan fingerprint density at radius 3 is 2.58 bits per heavy atom. The lowest BCUT2D eigenvalue weighted by Gasteiger charge is -2.23. The maximum Gasteiger partial charge on any atom is 0.207 e. The number of hydrogen-bond acceptors (Lipinski definition) is 2. The quantitative estimate of drug-likeness (QED) is 0.827. The monoisotopic (exact) mass is 261 g/mol. The third kappa shape index (κ3) is 2.66. The van der Waals surface area contributed by atoms with Crippen molar-refractivity contribution in [3.63, 3.8) is 0 Å². The number of fused-ring (bicyclic) bond motifs is 1. The van der Waals surface area contributed by atoms with Crippen LogP contribution in [0, 0.1) is 0 Å². The number of benzene rings is 1. The minimum absolute atomic E-state index is 0.442. The molecule has 0 unspecified atom stereocenters. The maximum atomic E-state index is 10.6. The Labute approximate surface area is 115 Å². The highest BCUT2D eigenvalue weighted by atomic mass is 16.5. The summed E-state index contributed by atoms with van der Waals surface area (Å²) >= 11 is 0. The van der Waals surface area contributed by atoms with Gasteiger partial charge in [-0.3, -0.25) is 4.79 Å². The van der Waals surface area contributed by atoms with Crippen LogP contribution in [0.25, 0.3) is 0 Å². The van der Waals surface area contributed by atoms with Crippen molar-refractivity contribution in [2.75, 3.05) is 0 Å². The van der Waals surface area contributed by atoms with Gasteiger partial charge in [0.1, 0.15) is 0 Å². The summed E-state index contributed by atoms with van der Waals surface area (Å²) in [5.74, 6) is 0.893. The van der Waals surface area contributed by atoms with E-state index in [2.05, 4.69) is 39.1 Å². The zero-order valence-corrected chi connectivity index (χ0v) is 12.2. The second-order valence-electron chi connectivity index (χ2n) is 5.80. The van der Waals surface area contributed by atoms with Crippen molar-refractivity contribution in [2.45, 2.75) is 59.3 Å². The molecular formula is C16H23NO2. The van der Waals surface area contributed by atoms with E-state index in [-0.39, 0.29) is 0 Å². The minimum atomic E-state index is 0.442. The van der Waals surface area contributed by atoms with E-state index in [0.29, 0.717) is 25.0 Å². The van der Waals surface area contributed by atoms with Gasteiger partial charge in [0.2, 0.25) is 6.41 Å². The number of carbonyl (C=O) groups excluding carboxylic acids is 1. The Bertz CT molecular complexity index is 478. The van der Waals surface area contributed by atoms with Gasteiger partial charge in [-0.15, -0.1) is 0 Å². The molecule has 2 rings (SSSR count). The predicted octanol–water partition coefficient (Wildman–Crippen LogP) is 3.21. The summed E-state index contributed by atoms with van der Waals surface area (Å²) in [5.41, 5.74) is 6.64. The summed E-state index contributed by atoms with van der Waals surface area (Å²) in [6.07, 6.45) is 0.776. The third-order valence-corrected chi connectivity index (χ3v) is 3.78. The number of nitrogens with one attached hydrogen (secondary N) is 1. The van der Waals surface area contributed by atoms with E-state index in [1.54, 1.807) is 0 Å². The van der Waals surface area contributed by atoms with Crippen LogP contribution in [-0.4, -0.2) is 6.41 Å². The number of carbonyl (C=O) groups is 1. The molecule has 1 heterocycles. The lowest BCUT2D eigenvalue weighted by molar-refractivity contribution is -0.109. The molecule has 104 valence electrons. The SMILES string of the molecule is CC(C)c1cc2c(c(C(C)C)c1CNC=O)COC2. The Kier molecular flexibility index (Phi) is 4.25. The molecule has 0 fully saturated rings. The first-order valence-corrected chi connectivity index (χ1v) is 6.98. The molecule has 3 heteroatoms. The highest BCUT2D eigenvalue weighted by molar-refractivity contribution is 5.52. The van der Waals surface area contributed by atoms with Gasteiger partial charge in [0.25, 0.3) is 0 Å². The first-order chi connectivity index (χ1) is 9.06. The fourth-order valence-electron chi connectivity index (χ4n) is 2.99. The van der Waals surface area contributed by atoms with Crippen LogP contribution < -0.4 is 5.32 Å². The van der Waals surface area contributed by atoms with Crippen molar-refractivity contribution < 1.29 is 9.53 Å². The number of rotatable bonds is 5. The van der Waals surface area contributed by atoms with Gasteiger partial charge in [-0.05, 0) is 39.7 Å². The normalized spacial score (nSPS) is 14.0. The smallest absolute Gasteiger partial charge is 0.207 e. The van der Waals surface area contributed by atoms with Crippen LogP contribution in [0.2, 0.25) is 0 Å². The van der Waals surface area contributed by atoms with E-state index >= 15 is 0 Å². The largest absolute Gasteiger partial charge is 0.372 e. The van der Waals surface area contributed by atoms with Crippen molar-refractivity contribution >= 4 is 6.41 Å². The molecule has 1 aliphatic rings. The fraction of sp³-hybridized carbons (Fsp3) is 0.562. The van der Waals surface area contributed by atoms with Gasteiger partial charge in [0.15, 0.2) is 0 Å². The molecule has 0 aliphatic carbocycles. The van der Waals surface area contributed by atoms with Gasteiger partial charge in [-0.1, -0.05) is 33.8 Å². The zero-order valence-electron chi connectivity index (χ0n) is 12.2. The molecule has 0 aromatic heterocycles. The van der Waals surface area contributed by atoms with Crippen molar-refractivity contribution in [1.82, 2.24) is 5.32 Å². The fourth-order valence-corrected chi connectivity index (χ4v) is 2.99. The molecule has 19 heavy (non-hydrogen) atoms. The first kappa shape index (κ1) is 14.1. The van der Waals surface area contributed by atoms with Crippen LogP contribution in [0.3, 0.4) is 0 Å². The standard InChI is InChI=1S/C16H23NO2/c1-10(2)13-5-12-7-19-8-15(12)16(11(3)4)14(13)6-17-9-18/h5,9-11H,6-8H2,1-4H3,(H,17,18). The Morgan fingerprint density at radius 1 is 1.26 bits per heavy atom. The first-order valence-electron chi connectivity index (χ1n) is 6.98. The maximum absolute atomic E-state index is 10.6. The van der Waals surface area contributed by atoms with Crippen molar-refractivity contribution in [3.8, 4) is 0 Å². The summed E-state index contributed by atoms with van der Waals surface area (Å²) in [4.78, 5) is 10.6. The minimum Gasteiger partial charge on any atom is -0.372 e. The summed E-state index contributed by atoms with van der Waals surface area (Å²) in [7, 11) is 0. The molecule has 0 bridgehead atoms. The topological polar surface area (TPSA) is 38.3 Å². The van der Waals surface area contributed by atoms with Gasteiger partial charge in [-0.2, -0.15) is 0 Å². The molecular weight excluding hydrogens is 238 g/mol. The Balaban J connectivity index is 2.60. The van der Waals surface area contributed by atoms with Crippen LogP contribution in [0.4, 0.5) is 0 Å². The summed E-state index contributed by atoms with van der Waals surface area (Å²) in [5, 5.41) is 2.82. The molecule has 0 saturated heterocycles. The van der Waals surface area contributed by atoms with Crippen LogP contribution in [0.1, 0.15) is 67.3 Å². The predicted molar refractivity (Wildman–Crippen MR) is 76.0 cm³/mol. The second-order valence-corrected chi connectivity index (χ2v) is 5.80. The molecule has 3 nitrogen and oxygen atoms in total. The molecule has 1 aromatic rings. The molecule has 0 spiro atoms. The van der Waals surface area contributed by atoms with Gasteiger partial charge >= 0.3 is 0 Å². The molecule has 1 aromatic carbocycles. The van der Waals surface area contributed by atoms with E-state index in [1.807, 2.05) is 0 Å². The lowest BCUT2D eigenvalue weighted by atomic mass is 9.83. The highest BCUT2D eigenvalue weighted by Gasteiger charge is 2.24. The highest BCUT2D eigenvalue weighted by Crippen LogP contribution is 2.36. The molecule has 0 radical (unpaired) electrons. The average Bonchev–Trinajstić information content (AvgIpc) is 2.81. The number of amides is 1. The van der Waals surface area contributed by atoms with Crippen LogP contribution in [0.15, 0.2) is 6.07 Å². The van der Waals surface area contributed by atoms with Crippen molar-refractivity contribution in [2.24, 2.45) is 0 Å². The van der Waals surface area contributed by atoms with Crippen LogP contribution in [0.5, 0.6) is 0 Å². The number of hydrogen-bond donors (Lipinski definition) is 1. The molecule has 0 saturated carbocycles. The molecule has 0 atom stereocenters. The summed E-state index contributed by atoms with van der Waals surface area (Å²) < 4.78 is 5.61. The van der Waals surface area contributed by atoms with Gasteiger partial charge in [-0.25, -0.2) is 0 Å². The Morgan fingerprint density at radius 2 is 2.00 bits per heavy atom. The van der Waals surface area contributed by atoms with Gasteiger partial charge in [0, 0.05) is 6.54 Å². The van der Waals surface area contributed by atoms with Crippen molar-refractivity contribution in [3.05, 3.63) is 33.9 Å². The second kappa shape index (κ2) is 5.74. The van der Waals surface area contributed by atoms with Gasteiger partial charge < -0.3 is 10.1 Å². The van der Waals surface area contributed by atoms with Gasteiger partial charge in [0.05, 0.1) is 13.2 Å². The third-order valence-electron chi connectivity index (χ3n) is 3.78. The van der Waals surface area contributed by atoms with E-state index < -0.39 is 0 Å². The Hall–Kier alpha value is -1.35. The average molecular weight is 261 g/mol. The molecule has 1 aliphatic heterocycles. The number of ether oxygens (including phenoxy) is 1. The van der Waals surface area contributed by atoms with E-state index in [9.17, 15) is 4.79 Å². The van der Waals surface area contributed by atoms with Crippen molar-refractivity contribution in [1.29, 1.82) is 0 Å². The molecule has 1 N–H and O–H groups in total.